The number of imidazole rings is 1. The van der Waals surface area contributed by atoms with Crippen molar-refractivity contribution in [2.45, 2.75) is 20.0 Å². The van der Waals surface area contributed by atoms with Crippen LogP contribution in [0.4, 0.5) is 4.79 Å². The molecule has 0 aliphatic heterocycles. The van der Waals surface area contributed by atoms with Gasteiger partial charge < -0.3 is 9.64 Å². The van der Waals surface area contributed by atoms with Gasteiger partial charge in [0.15, 0.2) is 0 Å². The Hall–Kier alpha value is -1.36. The average molecular weight is 226 g/mol. The van der Waals surface area contributed by atoms with Crippen LogP contribution >= 0.6 is 0 Å². The molecule has 16 heavy (non-hydrogen) atoms. The number of rotatable bonds is 4. The molecule has 0 aromatic carbocycles. The molecule has 1 heterocycles. The van der Waals surface area contributed by atoms with Crippen molar-refractivity contribution in [2.24, 2.45) is 7.05 Å². The molecule has 0 aliphatic carbocycles. The number of ether oxygens (including phenoxy) is 1. The van der Waals surface area contributed by atoms with Gasteiger partial charge in [0.1, 0.15) is 12.4 Å². The number of carbonyl (C=O) groups excluding carboxylic acids is 1. The lowest BCUT2D eigenvalue weighted by Crippen LogP contribution is -2.35. The van der Waals surface area contributed by atoms with E-state index in [2.05, 4.69) is 0 Å². The summed E-state index contributed by atoms with van der Waals surface area (Å²) < 4.78 is 8.78. The molecular formula is C11H20N3O2+. The fourth-order valence-corrected chi connectivity index (χ4v) is 1.28. The number of aromatic nitrogens is 2. The summed E-state index contributed by atoms with van der Waals surface area (Å²) in [4.78, 5) is 13.5. The molecule has 0 saturated heterocycles. The molecule has 0 spiro atoms. The summed E-state index contributed by atoms with van der Waals surface area (Å²) in [5.41, 5.74) is 0. The van der Waals surface area contributed by atoms with Gasteiger partial charge in [-0.1, -0.05) is 0 Å². The van der Waals surface area contributed by atoms with Crippen molar-refractivity contribution in [3.63, 3.8) is 0 Å². The van der Waals surface area contributed by atoms with Crippen LogP contribution < -0.4 is 4.57 Å². The molecule has 0 N–H and O–H groups in total. The first-order valence-electron chi connectivity index (χ1n) is 5.41. The highest BCUT2D eigenvalue weighted by atomic mass is 16.5. The second-order valence-corrected chi connectivity index (χ2v) is 4.11. The minimum Gasteiger partial charge on any atom is -0.377 e. The minimum atomic E-state index is -0.0482. The summed E-state index contributed by atoms with van der Waals surface area (Å²) in [5, 5.41) is 0. The van der Waals surface area contributed by atoms with Crippen LogP contribution in [0.15, 0.2) is 18.7 Å². The third-order valence-corrected chi connectivity index (χ3v) is 2.19. The molecule has 0 fully saturated rings. The average Bonchev–Trinajstić information content (AvgIpc) is 2.63. The number of hydrogen-bond acceptors (Lipinski definition) is 2. The fraction of sp³-hybridized carbons (Fsp3) is 0.636. The maximum absolute atomic E-state index is 11.9. The van der Waals surface area contributed by atoms with Crippen molar-refractivity contribution < 1.29 is 14.1 Å². The summed E-state index contributed by atoms with van der Waals surface area (Å²) in [5.74, 6) is 0. The van der Waals surface area contributed by atoms with E-state index in [-0.39, 0.29) is 12.1 Å². The standard InChI is InChI=1S/C11H20N3O2/c1-10(2)16-8-7-13(4)11(15)14-6-5-12(3)9-14/h5-6,9-10H,7-8H2,1-4H3/q+1. The number of carbonyl (C=O) groups is 1. The Labute approximate surface area is 96.2 Å². The largest absolute Gasteiger partial charge is 0.415 e. The predicted octanol–water partition coefficient (Wildman–Crippen LogP) is 0.637. The van der Waals surface area contributed by atoms with Gasteiger partial charge >= 0.3 is 6.03 Å². The van der Waals surface area contributed by atoms with Crippen molar-refractivity contribution in [2.75, 3.05) is 20.2 Å². The number of amides is 1. The third kappa shape index (κ3) is 3.66. The first-order valence-corrected chi connectivity index (χ1v) is 5.41. The quantitative estimate of drug-likeness (QED) is 0.707. The van der Waals surface area contributed by atoms with Gasteiger partial charge in [0.2, 0.25) is 0 Å². The summed E-state index contributed by atoms with van der Waals surface area (Å²) in [6, 6.07) is -0.0482. The van der Waals surface area contributed by atoms with Gasteiger partial charge in [-0.2, -0.15) is 4.57 Å². The van der Waals surface area contributed by atoms with Crippen LogP contribution in [0.5, 0.6) is 0 Å². The zero-order valence-electron chi connectivity index (χ0n) is 10.4. The molecule has 0 radical (unpaired) electrons. The monoisotopic (exact) mass is 226 g/mol. The second kappa shape index (κ2) is 5.65. The Morgan fingerprint density at radius 1 is 1.56 bits per heavy atom. The van der Waals surface area contributed by atoms with E-state index in [0.717, 1.165) is 0 Å². The van der Waals surface area contributed by atoms with Gasteiger partial charge in [-0.05, 0) is 13.8 Å². The van der Waals surface area contributed by atoms with E-state index in [9.17, 15) is 4.79 Å². The van der Waals surface area contributed by atoms with Crippen molar-refractivity contribution >= 4 is 6.03 Å². The van der Waals surface area contributed by atoms with Gasteiger partial charge in [-0.15, -0.1) is 0 Å². The Morgan fingerprint density at radius 2 is 2.25 bits per heavy atom. The van der Waals surface area contributed by atoms with E-state index in [1.807, 2.05) is 31.7 Å². The van der Waals surface area contributed by atoms with Gasteiger partial charge in [0, 0.05) is 13.6 Å². The van der Waals surface area contributed by atoms with Gasteiger partial charge in [0.25, 0.3) is 6.33 Å². The van der Waals surface area contributed by atoms with Crippen molar-refractivity contribution in [3.05, 3.63) is 18.7 Å². The first kappa shape index (κ1) is 12.7. The lowest BCUT2D eigenvalue weighted by molar-refractivity contribution is -0.670. The van der Waals surface area contributed by atoms with E-state index < -0.39 is 0 Å². The summed E-state index contributed by atoms with van der Waals surface area (Å²) in [6.07, 6.45) is 5.51. The molecular weight excluding hydrogens is 206 g/mol. The van der Waals surface area contributed by atoms with Crippen LogP contribution in [0.2, 0.25) is 0 Å². The maximum Gasteiger partial charge on any atom is 0.415 e. The highest BCUT2D eigenvalue weighted by Gasteiger charge is 2.16. The SMILES string of the molecule is CC(C)OCCN(C)C(=O)n1cc[n+](C)c1. The van der Waals surface area contributed by atoms with E-state index in [1.165, 1.54) is 0 Å². The highest BCUT2D eigenvalue weighted by Crippen LogP contribution is 1.94. The van der Waals surface area contributed by atoms with Crippen molar-refractivity contribution in [1.29, 1.82) is 0 Å². The first-order chi connectivity index (χ1) is 7.50. The smallest absolute Gasteiger partial charge is 0.377 e. The molecule has 5 heteroatoms. The van der Waals surface area contributed by atoms with E-state index in [0.29, 0.717) is 13.2 Å². The van der Waals surface area contributed by atoms with Gasteiger partial charge in [-0.3, -0.25) is 0 Å². The Morgan fingerprint density at radius 3 is 2.75 bits per heavy atom. The zero-order chi connectivity index (χ0) is 12.1. The lowest BCUT2D eigenvalue weighted by atomic mass is 10.5. The van der Waals surface area contributed by atoms with E-state index >= 15 is 0 Å². The molecule has 1 amide bonds. The van der Waals surface area contributed by atoms with Crippen molar-refractivity contribution in [3.8, 4) is 0 Å². The molecule has 0 unspecified atom stereocenters. The predicted molar refractivity (Wildman–Crippen MR) is 60.1 cm³/mol. The second-order valence-electron chi connectivity index (χ2n) is 4.11. The molecule has 5 nitrogen and oxygen atoms in total. The Balaban J connectivity index is 2.42. The molecule has 1 aromatic rings. The number of likely N-dealkylation sites (N-methyl/N-ethyl adjacent to an activating group) is 1. The van der Waals surface area contributed by atoms with Crippen LogP contribution in [0.25, 0.3) is 0 Å². The van der Waals surface area contributed by atoms with Crippen LogP contribution in [-0.2, 0) is 11.8 Å². The molecule has 0 atom stereocenters. The Kier molecular flexibility index (Phi) is 4.49. The minimum absolute atomic E-state index is 0.0482. The topological polar surface area (TPSA) is 38.4 Å². The molecule has 0 aliphatic rings. The summed E-state index contributed by atoms with van der Waals surface area (Å²) in [7, 11) is 3.65. The van der Waals surface area contributed by atoms with E-state index in [4.69, 9.17) is 4.74 Å². The normalized spacial score (nSPS) is 10.8. The molecule has 1 aromatic heterocycles. The zero-order valence-corrected chi connectivity index (χ0v) is 10.4. The molecule has 0 bridgehead atoms. The molecule has 0 saturated carbocycles. The number of hydrogen-bond donors (Lipinski definition) is 0. The van der Waals surface area contributed by atoms with Gasteiger partial charge in [-0.25, -0.2) is 9.36 Å². The number of nitrogens with zero attached hydrogens (tertiary/aromatic N) is 3. The molecule has 90 valence electrons. The maximum atomic E-state index is 11.9. The fourth-order valence-electron chi connectivity index (χ4n) is 1.28. The van der Waals surface area contributed by atoms with Crippen LogP contribution in [0.1, 0.15) is 13.8 Å². The van der Waals surface area contributed by atoms with Crippen molar-refractivity contribution in [1.82, 2.24) is 9.47 Å². The summed E-state index contributed by atoms with van der Waals surface area (Å²) in [6.45, 7) is 5.12. The van der Waals surface area contributed by atoms with E-state index in [1.54, 1.807) is 29.0 Å². The van der Waals surface area contributed by atoms with Crippen LogP contribution in [0, 0.1) is 0 Å². The lowest BCUT2D eigenvalue weighted by Gasteiger charge is -2.15. The van der Waals surface area contributed by atoms with Crippen LogP contribution in [0.3, 0.4) is 0 Å². The molecule has 1 rings (SSSR count). The highest BCUT2D eigenvalue weighted by molar-refractivity contribution is 5.76. The number of aryl methyl sites for hydroxylation is 1. The van der Waals surface area contributed by atoms with Gasteiger partial charge in [0.05, 0.1) is 19.8 Å². The Bertz CT molecular complexity index is 347. The summed E-state index contributed by atoms with van der Waals surface area (Å²) >= 11 is 0. The van der Waals surface area contributed by atoms with Crippen LogP contribution in [-0.4, -0.2) is 41.8 Å². The third-order valence-electron chi connectivity index (χ3n) is 2.19.